The van der Waals surface area contributed by atoms with Crippen LogP contribution in [0.5, 0.6) is 0 Å². The fraction of sp³-hybridized carbons (Fsp3) is 0.333. The van der Waals surface area contributed by atoms with Crippen molar-refractivity contribution in [3.8, 4) is 11.3 Å². The van der Waals surface area contributed by atoms with Crippen LogP contribution in [0.2, 0.25) is 0 Å². The third kappa shape index (κ3) is 4.62. The molecule has 0 aliphatic carbocycles. The normalized spacial score (nSPS) is 14.9. The Morgan fingerprint density at radius 2 is 1.87 bits per heavy atom. The van der Waals surface area contributed by atoms with E-state index in [0.717, 1.165) is 78.6 Å². The Morgan fingerprint density at radius 1 is 0.968 bits per heavy atom. The van der Waals surface area contributed by atoms with Gasteiger partial charge in [0.1, 0.15) is 12.2 Å². The topological polar surface area (TPSA) is 82.6 Å². The van der Waals surface area contributed by atoms with Gasteiger partial charge in [-0.1, -0.05) is 13.0 Å². The molecule has 0 spiro atoms. The Bertz CT molecular complexity index is 1180. The minimum Gasteiger partial charge on any atom is -0.342 e. The summed E-state index contributed by atoms with van der Waals surface area (Å²) in [5.74, 6) is 0.927. The van der Waals surface area contributed by atoms with Gasteiger partial charge in [-0.2, -0.15) is 0 Å². The molecule has 0 unspecified atom stereocenters. The van der Waals surface area contributed by atoms with Crippen molar-refractivity contribution in [3.05, 3.63) is 71.7 Å². The number of H-pyrrole nitrogens is 1. The van der Waals surface area contributed by atoms with Gasteiger partial charge in [-0.05, 0) is 42.3 Å². The van der Waals surface area contributed by atoms with Crippen LogP contribution in [0.1, 0.15) is 29.7 Å². The first-order valence-corrected chi connectivity index (χ1v) is 10.9. The standard InChI is InChI=1S/C24H27N7/c1-2-19-13-22(28-16-27-19)18-3-4-21-23(12-18)30-24(29-21)14-20-11-17(5-6-26-20)15-31-9-7-25-8-10-31/h3-6,11-13,16,25H,2,7-10,14-15H2,1H3,(H,29,30). The van der Waals surface area contributed by atoms with Crippen LogP contribution >= 0.6 is 0 Å². The SMILES string of the molecule is CCc1cc(-c2ccc3nc(Cc4cc(CN5CCNCC5)ccn4)[nH]c3c2)ncn1. The number of rotatable bonds is 6. The van der Waals surface area contributed by atoms with E-state index in [2.05, 4.69) is 61.3 Å². The van der Waals surface area contributed by atoms with Gasteiger partial charge in [-0.3, -0.25) is 9.88 Å². The predicted molar refractivity (Wildman–Crippen MR) is 122 cm³/mol. The average Bonchev–Trinajstić information content (AvgIpc) is 3.21. The summed E-state index contributed by atoms with van der Waals surface area (Å²) in [5.41, 5.74) is 7.36. The Balaban J connectivity index is 1.34. The summed E-state index contributed by atoms with van der Waals surface area (Å²) in [7, 11) is 0. The summed E-state index contributed by atoms with van der Waals surface area (Å²) >= 11 is 0. The molecule has 1 aliphatic rings. The number of piperazine rings is 1. The van der Waals surface area contributed by atoms with Crippen molar-refractivity contribution in [3.63, 3.8) is 0 Å². The zero-order chi connectivity index (χ0) is 21.0. The highest BCUT2D eigenvalue weighted by Crippen LogP contribution is 2.23. The molecule has 0 amide bonds. The number of aromatic nitrogens is 5. The van der Waals surface area contributed by atoms with Crippen molar-refractivity contribution in [1.82, 2.24) is 35.1 Å². The molecule has 0 atom stereocenters. The van der Waals surface area contributed by atoms with E-state index in [1.54, 1.807) is 6.33 Å². The molecule has 0 bridgehead atoms. The lowest BCUT2D eigenvalue weighted by Gasteiger charge is -2.27. The van der Waals surface area contributed by atoms with Gasteiger partial charge in [-0.15, -0.1) is 0 Å². The van der Waals surface area contributed by atoms with Crippen molar-refractivity contribution < 1.29 is 0 Å². The van der Waals surface area contributed by atoms with Gasteiger partial charge in [0, 0.05) is 62.3 Å². The molecule has 0 radical (unpaired) electrons. The maximum atomic E-state index is 4.77. The number of nitrogens with zero attached hydrogens (tertiary/aromatic N) is 5. The third-order valence-electron chi connectivity index (χ3n) is 5.76. The van der Waals surface area contributed by atoms with Gasteiger partial charge in [0.25, 0.3) is 0 Å². The highest BCUT2D eigenvalue weighted by molar-refractivity contribution is 5.81. The molecular weight excluding hydrogens is 386 g/mol. The van der Waals surface area contributed by atoms with Crippen LogP contribution in [0.15, 0.2) is 48.9 Å². The molecule has 158 valence electrons. The second kappa shape index (κ2) is 8.91. The van der Waals surface area contributed by atoms with Crippen molar-refractivity contribution >= 4 is 11.0 Å². The van der Waals surface area contributed by atoms with E-state index in [4.69, 9.17) is 4.98 Å². The molecular formula is C24H27N7. The average molecular weight is 414 g/mol. The van der Waals surface area contributed by atoms with Crippen molar-refractivity contribution in [2.75, 3.05) is 26.2 Å². The van der Waals surface area contributed by atoms with Gasteiger partial charge >= 0.3 is 0 Å². The van der Waals surface area contributed by atoms with E-state index in [0.29, 0.717) is 6.42 Å². The number of nitrogens with one attached hydrogen (secondary N) is 2. The van der Waals surface area contributed by atoms with Gasteiger partial charge in [0.05, 0.1) is 16.7 Å². The molecule has 4 aromatic rings. The van der Waals surface area contributed by atoms with Crippen LogP contribution in [0, 0.1) is 0 Å². The molecule has 31 heavy (non-hydrogen) atoms. The van der Waals surface area contributed by atoms with Crippen molar-refractivity contribution in [2.45, 2.75) is 26.3 Å². The molecule has 3 aromatic heterocycles. The molecule has 2 N–H and O–H groups in total. The first-order chi connectivity index (χ1) is 15.3. The van der Waals surface area contributed by atoms with Crippen LogP contribution in [-0.2, 0) is 19.4 Å². The molecule has 7 nitrogen and oxygen atoms in total. The molecule has 1 fully saturated rings. The van der Waals surface area contributed by atoms with Gasteiger partial charge in [-0.25, -0.2) is 15.0 Å². The van der Waals surface area contributed by atoms with Crippen LogP contribution in [-0.4, -0.2) is 56.0 Å². The van der Waals surface area contributed by atoms with Crippen molar-refractivity contribution in [2.24, 2.45) is 0 Å². The number of pyridine rings is 1. The molecule has 4 heterocycles. The smallest absolute Gasteiger partial charge is 0.116 e. The fourth-order valence-corrected chi connectivity index (χ4v) is 4.08. The number of aryl methyl sites for hydroxylation is 1. The molecule has 1 aromatic carbocycles. The fourth-order valence-electron chi connectivity index (χ4n) is 4.08. The van der Waals surface area contributed by atoms with E-state index in [1.165, 1.54) is 5.56 Å². The summed E-state index contributed by atoms with van der Waals surface area (Å²) in [6, 6.07) is 12.6. The van der Waals surface area contributed by atoms with Gasteiger partial charge in [0.2, 0.25) is 0 Å². The number of hydrogen-bond donors (Lipinski definition) is 2. The predicted octanol–water partition coefficient (Wildman–Crippen LogP) is 2.97. The summed E-state index contributed by atoms with van der Waals surface area (Å²) < 4.78 is 0. The Labute approximate surface area is 182 Å². The van der Waals surface area contributed by atoms with Crippen LogP contribution in [0.4, 0.5) is 0 Å². The summed E-state index contributed by atoms with van der Waals surface area (Å²) in [6.45, 7) is 7.38. The third-order valence-corrected chi connectivity index (χ3v) is 5.76. The quantitative estimate of drug-likeness (QED) is 0.506. The number of hydrogen-bond acceptors (Lipinski definition) is 6. The molecule has 5 rings (SSSR count). The zero-order valence-corrected chi connectivity index (χ0v) is 17.8. The van der Waals surface area contributed by atoms with Gasteiger partial charge < -0.3 is 10.3 Å². The minimum atomic E-state index is 0.687. The number of benzene rings is 1. The number of fused-ring (bicyclic) bond motifs is 1. The lowest BCUT2D eigenvalue weighted by Crippen LogP contribution is -2.42. The first kappa shape index (κ1) is 19.8. The second-order valence-corrected chi connectivity index (χ2v) is 8.02. The lowest BCUT2D eigenvalue weighted by molar-refractivity contribution is 0.233. The first-order valence-electron chi connectivity index (χ1n) is 10.9. The monoisotopic (exact) mass is 413 g/mol. The van der Waals surface area contributed by atoms with Crippen LogP contribution in [0.25, 0.3) is 22.3 Å². The van der Waals surface area contributed by atoms with Gasteiger partial charge in [0.15, 0.2) is 0 Å². The van der Waals surface area contributed by atoms with E-state index in [1.807, 2.05) is 18.3 Å². The van der Waals surface area contributed by atoms with Crippen LogP contribution < -0.4 is 5.32 Å². The van der Waals surface area contributed by atoms with Crippen molar-refractivity contribution in [1.29, 1.82) is 0 Å². The molecule has 1 saturated heterocycles. The van der Waals surface area contributed by atoms with E-state index < -0.39 is 0 Å². The Hall–Kier alpha value is -3.16. The second-order valence-electron chi connectivity index (χ2n) is 8.02. The molecule has 1 aliphatic heterocycles. The summed E-state index contributed by atoms with van der Waals surface area (Å²) in [5, 5.41) is 3.40. The van der Waals surface area contributed by atoms with E-state index >= 15 is 0 Å². The maximum Gasteiger partial charge on any atom is 0.116 e. The summed E-state index contributed by atoms with van der Waals surface area (Å²) in [4.78, 5) is 24.0. The maximum absolute atomic E-state index is 4.77. The number of aromatic amines is 1. The van der Waals surface area contributed by atoms with E-state index in [9.17, 15) is 0 Å². The zero-order valence-electron chi connectivity index (χ0n) is 17.8. The Morgan fingerprint density at radius 3 is 2.74 bits per heavy atom. The molecule has 7 heteroatoms. The lowest BCUT2D eigenvalue weighted by atomic mass is 10.1. The Kier molecular flexibility index (Phi) is 5.69. The van der Waals surface area contributed by atoms with E-state index in [-0.39, 0.29) is 0 Å². The summed E-state index contributed by atoms with van der Waals surface area (Å²) in [6.07, 6.45) is 5.13. The number of imidazole rings is 1. The highest BCUT2D eigenvalue weighted by atomic mass is 15.2. The largest absolute Gasteiger partial charge is 0.342 e. The molecule has 0 saturated carbocycles. The minimum absolute atomic E-state index is 0.687. The van der Waals surface area contributed by atoms with Crippen LogP contribution in [0.3, 0.4) is 0 Å². The highest BCUT2D eigenvalue weighted by Gasteiger charge is 2.12.